The number of anilines is 2. The van der Waals surface area contributed by atoms with E-state index in [0.717, 1.165) is 23.7 Å². The van der Waals surface area contributed by atoms with E-state index in [0.29, 0.717) is 0 Å². The van der Waals surface area contributed by atoms with Crippen LogP contribution in [0.4, 0.5) is 11.5 Å². The fourth-order valence-corrected chi connectivity index (χ4v) is 3.83. The Kier molecular flexibility index (Phi) is 5.04. The van der Waals surface area contributed by atoms with Crippen LogP contribution in [0.15, 0.2) is 60.9 Å². The van der Waals surface area contributed by atoms with Crippen molar-refractivity contribution < 1.29 is 4.52 Å². The molecule has 1 saturated heterocycles. The summed E-state index contributed by atoms with van der Waals surface area (Å²) in [7, 11) is 2.35. The summed E-state index contributed by atoms with van der Waals surface area (Å²) in [6.07, 6.45) is 3.39. The maximum Gasteiger partial charge on any atom is 0.204 e. The Balaban J connectivity index is 1.86. The smallest absolute Gasteiger partial charge is 0.204 e. The average molecular weight is 396 g/mol. The molecule has 1 fully saturated rings. The summed E-state index contributed by atoms with van der Waals surface area (Å²) in [5.74, 6) is 0.907. The van der Waals surface area contributed by atoms with Gasteiger partial charge in [-0.15, -0.1) is 5.10 Å². The predicted molar refractivity (Wildman–Crippen MR) is 113 cm³/mol. The summed E-state index contributed by atoms with van der Waals surface area (Å²) in [5, 5.41) is 8.68. The van der Waals surface area contributed by atoms with Gasteiger partial charge in [-0.25, -0.2) is 9.67 Å². The van der Waals surface area contributed by atoms with Crippen LogP contribution in [0.25, 0.3) is 0 Å². The Labute approximate surface area is 167 Å². The number of pyridine rings is 1. The molecule has 146 valence electrons. The maximum atomic E-state index is 5.65. The van der Waals surface area contributed by atoms with E-state index in [4.69, 9.17) is 4.52 Å². The van der Waals surface area contributed by atoms with Crippen LogP contribution in [0.1, 0.15) is 32.8 Å². The third-order valence-electron chi connectivity index (χ3n) is 5.17. The van der Waals surface area contributed by atoms with Crippen molar-refractivity contribution in [2.75, 3.05) is 16.3 Å². The van der Waals surface area contributed by atoms with Crippen molar-refractivity contribution in [3.8, 4) is 0 Å². The average Bonchev–Trinajstić information content (AvgIpc) is 3.34. The van der Waals surface area contributed by atoms with E-state index in [1.807, 2.05) is 49.0 Å². The first-order chi connectivity index (χ1) is 13.5. The van der Waals surface area contributed by atoms with Gasteiger partial charge in [0.1, 0.15) is 11.4 Å². The molecular formula is C20H25N6OP. The number of para-hydroxylation sites is 1. The molecule has 2 aromatic heterocycles. The second-order valence-corrected chi connectivity index (χ2v) is 7.71. The Hall–Kier alpha value is -2.50. The van der Waals surface area contributed by atoms with E-state index in [1.54, 1.807) is 6.20 Å². The lowest BCUT2D eigenvalue weighted by atomic mass is 10.1. The quantitative estimate of drug-likeness (QED) is 0.615. The molecule has 1 aliphatic rings. The number of rotatable bonds is 5. The standard InChI is InChI=1S/C20H25N6OP/c1-15-14-24(16-9-5-4-6-10-16)19(25(15)18-11-7-8-12-21-18)26-17(13-22-23-26)20(2,3)27-28/h4-13,15,19H,14,28H2,1-3H3/t15-,19?/m1/s1. The summed E-state index contributed by atoms with van der Waals surface area (Å²) in [5.41, 5.74) is 1.46. The van der Waals surface area contributed by atoms with E-state index in [1.165, 1.54) is 0 Å². The van der Waals surface area contributed by atoms with Gasteiger partial charge in [0.05, 0.1) is 11.9 Å². The number of nitrogens with zero attached hydrogens (tertiary/aromatic N) is 6. The highest BCUT2D eigenvalue weighted by Crippen LogP contribution is 2.38. The Morgan fingerprint density at radius 3 is 2.54 bits per heavy atom. The molecule has 0 radical (unpaired) electrons. The van der Waals surface area contributed by atoms with Crippen LogP contribution in [0.3, 0.4) is 0 Å². The van der Waals surface area contributed by atoms with E-state index < -0.39 is 5.60 Å². The fraction of sp³-hybridized carbons (Fsp3) is 0.350. The molecule has 0 saturated carbocycles. The van der Waals surface area contributed by atoms with E-state index in [-0.39, 0.29) is 12.3 Å². The maximum absolute atomic E-state index is 5.65. The van der Waals surface area contributed by atoms with Crippen molar-refractivity contribution in [3.63, 3.8) is 0 Å². The Bertz CT molecular complexity index is 917. The first kappa shape index (κ1) is 18.8. The molecule has 3 aromatic rings. The van der Waals surface area contributed by atoms with Crippen molar-refractivity contribution in [2.24, 2.45) is 0 Å². The molecule has 1 aromatic carbocycles. The van der Waals surface area contributed by atoms with Gasteiger partial charge < -0.3 is 14.3 Å². The monoisotopic (exact) mass is 396 g/mol. The molecule has 1 aliphatic heterocycles. The third-order valence-corrected chi connectivity index (χ3v) is 5.76. The van der Waals surface area contributed by atoms with Gasteiger partial charge in [-0.05, 0) is 45.0 Å². The van der Waals surface area contributed by atoms with Gasteiger partial charge in [0.15, 0.2) is 0 Å². The minimum atomic E-state index is -0.557. The van der Waals surface area contributed by atoms with Gasteiger partial charge in [0.25, 0.3) is 0 Å². The topological polar surface area (TPSA) is 59.3 Å². The van der Waals surface area contributed by atoms with Crippen molar-refractivity contribution in [3.05, 3.63) is 66.6 Å². The van der Waals surface area contributed by atoms with E-state index in [2.05, 4.69) is 65.8 Å². The summed E-state index contributed by atoms with van der Waals surface area (Å²) < 4.78 is 7.59. The summed E-state index contributed by atoms with van der Waals surface area (Å²) in [6.45, 7) is 7.06. The largest absolute Gasteiger partial charge is 0.353 e. The van der Waals surface area contributed by atoms with Crippen LogP contribution in [-0.2, 0) is 10.1 Å². The fourth-order valence-electron chi connectivity index (χ4n) is 3.71. The van der Waals surface area contributed by atoms with Gasteiger partial charge in [0, 0.05) is 33.9 Å². The molecule has 2 unspecified atom stereocenters. The van der Waals surface area contributed by atoms with E-state index in [9.17, 15) is 0 Å². The second kappa shape index (κ2) is 7.49. The lowest BCUT2D eigenvalue weighted by Gasteiger charge is -2.35. The number of hydrogen-bond acceptors (Lipinski definition) is 6. The molecule has 0 spiro atoms. The molecule has 28 heavy (non-hydrogen) atoms. The zero-order valence-electron chi connectivity index (χ0n) is 16.3. The SMILES string of the molecule is C[C@@H]1CN(c2ccccc2)C(n2nncc2C(C)(C)OP)N1c1ccccn1. The van der Waals surface area contributed by atoms with Crippen molar-refractivity contribution >= 4 is 21.0 Å². The Morgan fingerprint density at radius 1 is 1.11 bits per heavy atom. The van der Waals surface area contributed by atoms with Crippen LogP contribution >= 0.6 is 9.47 Å². The predicted octanol–water partition coefficient (Wildman–Crippen LogP) is 3.59. The lowest BCUT2D eigenvalue weighted by Crippen LogP contribution is -2.40. The molecule has 4 rings (SSSR count). The summed E-state index contributed by atoms with van der Waals surface area (Å²) >= 11 is 0. The molecule has 3 atom stereocenters. The zero-order chi connectivity index (χ0) is 19.7. The molecule has 7 nitrogen and oxygen atoms in total. The van der Waals surface area contributed by atoms with Gasteiger partial charge in [-0.2, -0.15) is 0 Å². The molecule has 0 amide bonds. The van der Waals surface area contributed by atoms with Crippen LogP contribution in [0.2, 0.25) is 0 Å². The zero-order valence-corrected chi connectivity index (χ0v) is 17.5. The van der Waals surface area contributed by atoms with Gasteiger partial charge in [-0.3, -0.25) is 0 Å². The highest BCUT2D eigenvalue weighted by Gasteiger charge is 2.42. The third kappa shape index (κ3) is 3.25. The minimum Gasteiger partial charge on any atom is -0.353 e. The molecule has 0 N–H and O–H groups in total. The second-order valence-electron chi connectivity index (χ2n) is 7.47. The molecule has 3 heterocycles. The number of aromatic nitrogens is 4. The van der Waals surface area contributed by atoms with Crippen molar-refractivity contribution in [1.29, 1.82) is 0 Å². The highest BCUT2D eigenvalue weighted by molar-refractivity contribution is 7.09. The summed E-state index contributed by atoms with van der Waals surface area (Å²) in [4.78, 5) is 9.23. The van der Waals surface area contributed by atoms with Gasteiger partial charge >= 0.3 is 0 Å². The van der Waals surface area contributed by atoms with Gasteiger partial charge in [-0.1, -0.05) is 29.5 Å². The van der Waals surface area contributed by atoms with Crippen molar-refractivity contribution in [1.82, 2.24) is 20.0 Å². The molecule has 0 bridgehead atoms. The first-order valence-electron chi connectivity index (χ1n) is 9.32. The van der Waals surface area contributed by atoms with Crippen LogP contribution in [-0.4, -0.2) is 32.6 Å². The summed E-state index contributed by atoms with van der Waals surface area (Å²) in [6, 6.07) is 16.6. The van der Waals surface area contributed by atoms with E-state index >= 15 is 0 Å². The van der Waals surface area contributed by atoms with Crippen molar-refractivity contribution in [2.45, 2.75) is 38.7 Å². The Morgan fingerprint density at radius 2 is 1.86 bits per heavy atom. The van der Waals surface area contributed by atoms with Crippen LogP contribution < -0.4 is 9.80 Å². The van der Waals surface area contributed by atoms with Gasteiger partial charge in [0.2, 0.25) is 6.29 Å². The van der Waals surface area contributed by atoms with Crippen LogP contribution in [0, 0.1) is 0 Å². The number of benzene rings is 1. The number of hydrogen-bond donors (Lipinski definition) is 0. The normalized spacial score (nSPS) is 20.0. The first-order valence-corrected chi connectivity index (χ1v) is 9.79. The molecular weight excluding hydrogens is 371 g/mol. The minimum absolute atomic E-state index is 0.204. The lowest BCUT2D eigenvalue weighted by molar-refractivity contribution is 0.123. The molecule has 0 aliphatic carbocycles. The highest BCUT2D eigenvalue weighted by atomic mass is 31.0. The van der Waals surface area contributed by atoms with Crippen LogP contribution in [0.5, 0.6) is 0 Å². The molecule has 8 heteroatoms.